The SMILES string of the molecule is COc1cc(C(C)NCC2CCC(O)C2)ccc1F. The highest BCUT2D eigenvalue weighted by atomic mass is 19.1. The highest BCUT2D eigenvalue weighted by Crippen LogP contribution is 2.26. The zero-order valence-electron chi connectivity index (χ0n) is 11.5. The third-order valence-corrected chi connectivity index (χ3v) is 3.90. The first-order valence-corrected chi connectivity index (χ1v) is 6.85. The Morgan fingerprint density at radius 1 is 1.47 bits per heavy atom. The fourth-order valence-electron chi connectivity index (χ4n) is 2.64. The van der Waals surface area contributed by atoms with Gasteiger partial charge < -0.3 is 15.2 Å². The van der Waals surface area contributed by atoms with Gasteiger partial charge >= 0.3 is 0 Å². The molecule has 1 aliphatic rings. The van der Waals surface area contributed by atoms with Crippen molar-refractivity contribution in [2.45, 2.75) is 38.3 Å². The van der Waals surface area contributed by atoms with Gasteiger partial charge in [-0.25, -0.2) is 4.39 Å². The predicted octanol–water partition coefficient (Wildman–Crippen LogP) is 2.65. The molecule has 0 spiro atoms. The second-order valence-electron chi connectivity index (χ2n) is 5.36. The molecule has 1 aromatic rings. The molecule has 0 radical (unpaired) electrons. The van der Waals surface area contributed by atoms with Gasteiger partial charge in [-0.1, -0.05) is 6.07 Å². The largest absolute Gasteiger partial charge is 0.494 e. The summed E-state index contributed by atoms with van der Waals surface area (Å²) in [6.07, 6.45) is 2.73. The summed E-state index contributed by atoms with van der Waals surface area (Å²) in [7, 11) is 1.47. The van der Waals surface area contributed by atoms with Crippen molar-refractivity contribution in [1.82, 2.24) is 5.32 Å². The van der Waals surface area contributed by atoms with E-state index in [9.17, 15) is 9.50 Å². The van der Waals surface area contributed by atoms with E-state index >= 15 is 0 Å². The number of aliphatic hydroxyl groups is 1. The van der Waals surface area contributed by atoms with E-state index in [2.05, 4.69) is 12.2 Å². The van der Waals surface area contributed by atoms with Crippen LogP contribution in [0.3, 0.4) is 0 Å². The van der Waals surface area contributed by atoms with Gasteiger partial charge in [-0.3, -0.25) is 0 Å². The van der Waals surface area contributed by atoms with Crippen molar-refractivity contribution >= 4 is 0 Å². The molecule has 0 aliphatic heterocycles. The number of benzene rings is 1. The standard InChI is InChI=1S/C15H22FNO2/c1-10(17-9-11-3-5-13(18)7-11)12-4-6-14(16)15(8-12)19-2/h4,6,8,10-11,13,17-18H,3,5,7,9H2,1-2H3. The van der Waals surface area contributed by atoms with Gasteiger partial charge in [0.2, 0.25) is 0 Å². The van der Waals surface area contributed by atoms with Crippen LogP contribution < -0.4 is 10.1 Å². The van der Waals surface area contributed by atoms with Gasteiger partial charge in [0.15, 0.2) is 11.6 Å². The number of hydrogen-bond acceptors (Lipinski definition) is 3. The maximum Gasteiger partial charge on any atom is 0.165 e. The number of halogens is 1. The monoisotopic (exact) mass is 267 g/mol. The smallest absolute Gasteiger partial charge is 0.165 e. The van der Waals surface area contributed by atoms with Crippen molar-refractivity contribution in [3.8, 4) is 5.75 Å². The molecule has 2 N–H and O–H groups in total. The van der Waals surface area contributed by atoms with Crippen molar-refractivity contribution in [1.29, 1.82) is 0 Å². The summed E-state index contributed by atoms with van der Waals surface area (Å²) in [5.41, 5.74) is 1.01. The minimum Gasteiger partial charge on any atom is -0.494 e. The van der Waals surface area contributed by atoms with Crippen molar-refractivity contribution < 1.29 is 14.2 Å². The van der Waals surface area contributed by atoms with Crippen LogP contribution in [0.2, 0.25) is 0 Å². The number of rotatable bonds is 5. The first-order valence-electron chi connectivity index (χ1n) is 6.85. The molecular formula is C15H22FNO2. The van der Waals surface area contributed by atoms with Gasteiger partial charge in [0.1, 0.15) is 0 Å². The zero-order valence-corrected chi connectivity index (χ0v) is 11.5. The summed E-state index contributed by atoms with van der Waals surface area (Å²) < 4.78 is 18.3. The van der Waals surface area contributed by atoms with Crippen molar-refractivity contribution in [3.05, 3.63) is 29.6 Å². The molecule has 2 rings (SSSR count). The van der Waals surface area contributed by atoms with E-state index in [1.807, 2.05) is 0 Å². The van der Waals surface area contributed by atoms with Crippen LogP contribution in [-0.2, 0) is 0 Å². The van der Waals surface area contributed by atoms with Crippen molar-refractivity contribution in [2.75, 3.05) is 13.7 Å². The van der Waals surface area contributed by atoms with E-state index < -0.39 is 0 Å². The summed E-state index contributed by atoms with van der Waals surface area (Å²) in [5, 5.41) is 12.9. The second kappa shape index (κ2) is 6.35. The fraction of sp³-hybridized carbons (Fsp3) is 0.600. The minimum atomic E-state index is -0.336. The summed E-state index contributed by atoms with van der Waals surface area (Å²) in [5.74, 6) is 0.486. The number of ether oxygens (including phenoxy) is 1. The molecule has 0 saturated heterocycles. The van der Waals surface area contributed by atoms with Crippen LogP contribution in [0.25, 0.3) is 0 Å². The van der Waals surface area contributed by atoms with Crippen LogP contribution in [0.4, 0.5) is 4.39 Å². The lowest BCUT2D eigenvalue weighted by atomic mass is 10.0. The Labute approximate surface area is 113 Å². The summed E-state index contributed by atoms with van der Waals surface area (Å²) in [4.78, 5) is 0. The first-order chi connectivity index (χ1) is 9.10. The number of nitrogens with one attached hydrogen (secondary N) is 1. The zero-order chi connectivity index (χ0) is 13.8. The third-order valence-electron chi connectivity index (χ3n) is 3.90. The average Bonchev–Trinajstić information content (AvgIpc) is 2.82. The quantitative estimate of drug-likeness (QED) is 0.861. The summed E-state index contributed by atoms with van der Waals surface area (Å²) in [6, 6.07) is 5.09. The molecule has 19 heavy (non-hydrogen) atoms. The van der Waals surface area contributed by atoms with E-state index in [1.165, 1.54) is 13.2 Å². The highest BCUT2D eigenvalue weighted by molar-refractivity contribution is 5.31. The van der Waals surface area contributed by atoms with E-state index in [0.717, 1.165) is 31.4 Å². The molecule has 1 saturated carbocycles. The Morgan fingerprint density at radius 3 is 2.89 bits per heavy atom. The lowest BCUT2D eigenvalue weighted by molar-refractivity contribution is 0.177. The molecule has 4 heteroatoms. The molecule has 1 aliphatic carbocycles. The van der Waals surface area contributed by atoms with Crippen LogP contribution in [0.1, 0.15) is 37.8 Å². The Hall–Kier alpha value is -1.13. The lowest BCUT2D eigenvalue weighted by Gasteiger charge is -2.18. The number of methoxy groups -OCH3 is 1. The second-order valence-corrected chi connectivity index (χ2v) is 5.36. The molecule has 1 fully saturated rings. The molecule has 3 nitrogen and oxygen atoms in total. The van der Waals surface area contributed by atoms with Crippen LogP contribution in [0.5, 0.6) is 5.75 Å². The van der Waals surface area contributed by atoms with Crippen LogP contribution in [-0.4, -0.2) is 24.9 Å². The molecule has 3 unspecified atom stereocenters. The maximum atomic E-state index is 13.3. The van der Waals surface area contributed by atoms with Gasteiger partial charge in [0, 0.05) is 6.04 Å². The van der Waals surface area contributed by atoms with E-state index in [-0.39, 0.29) is 23.7 Å². The first kappa shape index (κ1) is 14.3. The number of aliphatic hydroxyl groups excluding tert-OH is 1. The van der Waals surface area contributed by atoms with Crippen molar-refractivity contribution in [2.24, 2.45) is 5.92 Å². The Morgan fingerprint density at radius 2 is 2.26 bits per heavy atom. The predicted molar refractivity (Wildman–Crippen MR) is 72.7 cm³/mol. The maximum absolute atomic E-state index is 13.3. The van der Waals surface area contributed by atoms with E-state index in [0.29, 0.717) is 5.92 Å². The minimum absolute atomic E-state index is 0.131. The Balaban J connectivity index is 1.90. The molecule has 0 amide bonds. The van der Waals surface area contributed by atoms with Crippen LogP contribution in [0.15, 0.2) is 18.2 Å². The van der Waals surface area contributed by atoms with Gasteiger partial charge in [-0.2, -0.15) is 0 Å². The topological polar surface area (TPSA) is 41.5 Å². The van der Waals surface area contributed by atoms with Gasteiger partial charge in [0.05, 0.1) is 13.2 Å². The van der Waals surface area contributed by atoms with E-state index in [4.69, 9.17) is 4.74 Å². The van der Waals surface area contributed by atoms with Gasteiger partial charge in [-0.05, 0) is 56.3 Å². The normalized spacial score (nSPS) is 24.4. The van der Waals surface area contributed by atoms with Gasteiger partial charge in [0.25, 0.3) is 0 Å². The summed E-state index contributed by atoms with van der Waals surface area (Å²) >= 11 is 0. The summed E-state index contributed by atoms with van der Waals surface area (Å²) in [6.45, 7) is 2.94. The molecule has 3 atom stereocenters. The molecule has 0 heterocycles. The Kier molecular flexibility index (Phi) is 4.77. The molecular weight excluding hydrogens is 245 g/mol. The molecule has 0 aromatic heterocycles. The van der Waals surface area contributed by atoms with Crippen LogP contribution in [0, 0.1) is 11.7 Å². The lowest BCUT2D eigenvalue weighted by Crippen LogP contribution is -2.25. The van der Waals surface area contributed by atoms with Crippen molar-refractivity contribution in [3.63, 3.8) is 0 Å². The van der Waals surface area contributed by atoms with Gasteiger partial charge in [-0.15, -0.1) is 0 Å². The van der Waals surface area contributed by atoms with Crippen LogP contribution >= 0.6 is 0 Å². The highest BCUT2D eigenvalue weighted by Gasteiger charge is 2.23. The molecule has 1 aromatic carbocycles. The van der Waals surface area contributed by atoms with E-state index in [1.54, 1.807) is 12.1 Å². The number of hydrogen-bond donors (Lipinski definition) is 2. The third kappa shape index (κ3) is 3.67. The molecule has 106 valence electrons. The average molecular weight is 267 g/mol. The fourth-order valence-corrected chi connectivity index (χ4v) is 2.64. The Bertz CT molecular complexity index is 425. The molecule has 0 bridgehead atoms.